The van der Waals surface area contributed by atoms with Crippen molar-refractivity contribution in [3.63, 3.8) is 0 Å². The summed E-state index contributed by atoms with van der Waals surface area (Å²) in [6.07, 6.45) is 2.44. The first-order valence-electron chi connectivity index (χ1n) is 7.88. The lowest BCUT2D eigenvalue weighted by molar-refractivity contribution is -0.144. The van der Waals surface area contributed by atoms with Crippen LogP contribution in [0.5, 0.6) is 0 Å². The average Bonchev–Trinajstić information content (AvgIpc) is 3.17. The minimum Gasteiger partial charge on any atom is -0.341 e. The number of nitrogens with zero attached hydrogens (tertiary/aromatic N) is 2. The number of carbonyl (C=O) groups is 2. The minimum absolute atomic E-state index is 0.0488. The Kier molecular flexibility index (Phi) is 4.76. The summed E-state index contributed by atoms with van der Waals surface area (Å²) in [6, 6.07) is 1.28. The van der Waals surface area contributed by atoms with Crippen molar-refractivity contribution in [3.8, 4) is 0 Å². The zero-order valence-electron chi connectivity index (χ0n) is 12.5. The van der Waals surface area contributed by atoms with E-state index in [0.717, 1.165) is 37.9 Å². The second-order valence-corrected chi connectivity index (χ2v) is 6.87. The van der Waals surface area contributed by atoms with Crippen molar-refractivity contribution in [1.29, 1.82) is 0 Å². The molecule has 2 fully saturated rings. The van der Waals surface area contributed by atoms with E-state index in [4.69, 9.17) is 0 Å². The quantitative estimate of drug-likeness (QED) is 0.855. The lowest BCUT2D eigenvalue weighted by Crippen LogP contribution is -2.49. The lowest BCUT2D eigenvalue weighted by Gasteiger charge is -2.32. The van der Waals surface area contributed by atoms with E-state index in [-0.39, 0.29) is 31.2 Å². The molecule has 0 radical (unpaired) electrons. The molecule has 3 rings (SSSR count). The van der Waals surface area contributed by atoms with Crippen LogP contribution in [-0.2, 0) is 16.0 Å². The molecule has 0 unspecified atom stereocenters. The molecule has 1 aromatic rings. The topological polar surface area (TPSA) is 40.6 Å². The Morgan fingerprint density at radius 1 is 1.27 bits per heavy atom. The first-order chi connectivity index (χ1) is 10.6. The van der Waals surface area contributed by atoms with Crippen molar-refractivity contribution in [2.24, 2.45) is 0 Å². The number of amides is 2. The Hall–Kier alpha value is -1.43. The molecule has 0 aromatic carbocycles. The fourth-order valence-electron chi connectivity index (χ4n) is 3.29. The summed E-state index contributed by atoms with van der Waals surface area (Å²) >= 11 is 1.53. The first-order valence-corrected chi connectivity index (χ1v) is 8.83. The van der Waals surface area contributed by atoms with Crippen LogP contribution < -0.4 is 0 Å². The van der Waals surface area contributed by atoms with Crippen LogP contribution in [0.2, 0.25) is 0 Å². The van der Waals surface area contributed by atoms with Crippen molar-refractivity contribution in [2.75, 3.05) is 19.6 Å². The molecular weight excluding hydrogens is 303 g/mol. The number of piperidine rings is 1. The molecule has 0 spiro atoms. The fourth-order valence-corrected chi connectivity index (χ4v) is 3.96. The van der Waals surface area contributed by atoms with Crippen LogP contribution in [0.15, 0.2) is 16.8 Å². The van der Waals surface area contributed by atoms with Crippen molar-refractivity contribution in [2.45, 2.75) is 44.3 Å². The monoisotopic (exact) mass is 324 g/mol. The van der Waals surface area contributed by atoms with Crippen LogP contribution in [0.25, 0.3) is 0 Å². The number of alkyl halides is 1. The van der Waals surface area contributed by atoms with Crippen LogP contribution in [-0.4, -0.2) is 53.5 Å². The van der Waals surface area contributed by atoms with Crippen LogP contribution >= 0.6 is 11.3 Å². The minimum atomic E-state index is -1.09. The molecule has 0 saturated carbocycles. The highest BCUT2D eigenvalue weighted by Crippen LogP contribution is 2.25. The molecule has 2 saturated heterocycles. The van der Waals surface area contributed by atoms with Crippen molar-refractivity contribution in [1.82, 2.24) is 9.80 Å². The highest BCUT2D eigenvalue weighted by atomic mass is 32.1. The largest absolute Gasteiger partial charge is 0.341 e. The number of likely N-dealkylation sites (tertiary alicyclic amines) is 2. The third-order valence-electron chi connectivity index (χ3n) is 4.46. The van der Waals surface area contributed by atoms with E-state index in [1.165, 1.54) is 16.2 Å². The molecule has 120 valence electrons. The van der Waals surface area contributed by atoms with Gasteiger partial charge in [0.25, 0.3) is 0 Å². The van der Waals surface area contributed by atoms with Crippen LogP contribution in [0, 0.1) is 0 Å². The van der Waals surface area contributed by atoms with Crippen LogP contribution in [0.3, 0.4) is 0 Å². The molecule has 2 aliphatic rings. The maximum Gasteiger partial charge on any atom is 0.245 e. The van der Waals surface area contributed by atoms with Gasteiger partial charge < -0.3 is 9.80 Å². The zero-order valence-corrected chi connectivity index (χ0v) is 13.4. The number of thiophene rings is 1. The normalized spacial score (nSPS) is 25.5. The summed E-state index contributed by atoms with van der Waals surface area (Å²) in [7, 11) is 0. The molecule has 1 aromatic heterocycles. The van der Waals surface area contributed by atoms with E-state index in [2.05, 4.69) is 0 Å². The summed E-state index contributed by atoms with van der Waals surface area (Å²) in [5.41, 5.74) is 0.932. The van der Waals surface area contributed by atoms with Gasteiger partial charge in [-0.3, -0.25) is 9.59 Å². The molecule has 2 aliphatic heterocycles. The number of hydrogen-bond acceptors (Lipinski definition) is 3. The summed E-state index contributed by atoms with van der Waals surface area (Å²) in [6.45, 7) is 1.52. The van der Waals surface area contributed by atoms with Gasteiger partial charge in [0.15, 0.2) is 0 Å². The van der Waals surface area contributed by atoms with Gasteiger partial charge in [0.2, 0.25) is 11.8 Å². The molecule has 2 amide bonds. The molecule has 6 heteroatoms. The number of hydrogen-bond donors (Lipinski definition) is 0. The van der Waals surface area contributed by atoms with Crippen molar-refractivity contribution in [3.05, 3.63) is 22.4 Å². The zero-order chi connectivity index (χ0) is 15.5. The van der Waals surface area contributed by atoms with E-state index < -0.39 is 12.2 Å². The van der Waals surface area contributed by atoms with E-state index in [1.807, 2.05) is 16.8 Å². The second-order valence-electron chi connectivity index (χ2n) is 6.09. The van der Waals surface area contributed by atoms with Crippen molar-refractivity contribution < 1.29 is 14.0 Å². The maximum atomic E-state index is 13.8. The van der Waals surface area contributed by atoms with E-state index in [9.17, 15) is 14.0 Å². The predicted octanol–water partition coefficient (Wildman–Crippen LogP) is 2.24. The highest BCUT2D eigenvalue weighted by Gasteiger charge is 2.41. The predicted molar refractivity (Wildman–Crippen MR) is 83.5 cm³/mol. The van der Waals surface area contributed by atoms with Gasteiger partial charge in [-0.2, -0.15) is 11.3 Å². The fraction of sp³-hybridized carbons (Fsp3) is 0.625. The van der Waals surface area contributed by atoms with Gasteiger partial charge in [0.05, 0.1) is 13.0 Å². The third-order valence-corrected chi connectivity index (χ3v) is 5.19. The van der Waals surface area contributed by atoms with Crippen molar-refractivity contribution >= 4 is 23.2 Å². The Balaban J connectivity index is 1.68. The summed E-state index contributed by atoms with van der Waals surface area (Å²) in [5.74, 6) is -0.215. The number of carbonyl (C=O) groups excluding carboxylic acids is 2. The Morgan fingerprint density at radius 2 is 2.05 bits per heavy atom. The molecule has 2 atom stereocenters. The van der Waals surface area contributed by atoms with Crippen LogP contribution in [0.1, 0.15) is 31.2 Å². The molecule has 0 bridgehead atoms. The molecule has 3 heterocycles. The van der Waals surface area contributed by atoms with Gasteiger partial charge >= 0.3 is 0 Å². The second kappa shape index (κ2) is 6.77. The number of rotatable bonds is 3. The Bertz CT molecular complexity index is 528. The molecule has 0 N–H and O–H groups in total. The molecule has 22 heavy (non-hydrogen) atoms. The SMILES string of the molecule is O=C([C@@H]1C[C@H](F)CN1C(=O)Cc1ccsc1)N1CCCCC1. The summed E-state index contributed by atoms with van der Waals surface area (Å²) < 4.78 is 13.8. The maximum absolute atomic E-state index is 13.8. The Morgan fingerprint density at radius 3 is 2.73 bits per heavy atom. The van der Waals surface area contributed by atoms with E-state index >= 15 is 0 Å². The molecular formula is C16H21FN2O2S. The first kappa shape index (κ1) is 15.5. The highest BCUT2D eigenvalue weighted by molar-refractivity contribution is 7.08. The van der Waals surface area contributed by atoms with Gasteiger partial charge in [-0.1, -0.05) is 0 Å². The molecule has 0 aliphatic carbocycles. The standard InChI is InChI=1S/C16H21FN2O2S/c17-13-9-14(16(21)18-5-2-1-3-6-18)19(10-13)15(20)8-12-4-7-22-11-12/h4,7,11,13-14H,1-3,5-6,8-10H2/t13-,14-/m0/s1. The van der Waals surface area contributed by atoms with Gasteiger partial charge in [-0.15, -0.1) is 0 Å². The van der Waals surface area contributed by atoms with E-state index in [1.54, 1.807) is 4.90 Å². The summed E-state index contributed by atoms with van der Waals surface area (Å²) in [4.78, 5) is 28.3. The van der Waals surface area contributed by atoms with E-state index in [0.29, 0.717) is 0 Å². The van der Waals surface area contributed by atoms with Gasteiger partial charge in [0, 0.05) is 19.5 Å². The molecule has 4 nitrogen and oxygen atoms in total. The smallest absolute Gasteiger partial charge is 0.245 e. The van der Waals surface area contributed by atoms with Gasteiger partial charge in [-0.25, -0.2) is 4.39 Å². The lowest BCUT2D eigenvalue weighted by atomic mass is 10.1. The number of halogens is 1. The van der Waals surface area contributed by atoms with Gasteiger partial charge in [-0.05, 0) is 41.7 Å². The summed E-state index contributed by atoms with van der Waals surface area (Å²) in [5, 5.41) is 3.84. The Labute approximate surface area is 133 Å². The average molecular weight is 324 g/mol. The van der Waals surface area contributed by atoms with Gasteiger partial charge in [0.1, 0.15) is 12.2 Å². The third kappa shape index (κ3) is 3.32. The van der Waals surface area contributed by atoms with Crippen LogP contribution in [0.4, 0.5) is 4.39 Å².